The second-order valence-electron chi connectivity index (χ2n) is 7.98. The van der Waals surface area contributed by atoms with Crippen LogP contribution in [-0.4, -0.2) is 53.0 Å². The van der Waals surface area contributed by atoms with Crippen molar-refractivity contribution in [2.75, 3.05) is 26.5 Å². The van der Waals surface area contributed by atoms with Gasteiger partial charge in [0, 0.05) is 37.9 Å². The molecule has 2 unspecified atom stereocenters. The van der Waals surface area contributed by atoms with Gasteiger partial charge in [-0.05, 0) is 50.3 Å². The van der Waals surface area contributed by atoms with E-state index in [2.05, 4.69) is 22.5 Å². The monoisotopic (exact) mass is 535 g/mol. The first-order valence-electron chi connectivity index (χ1n) is 10.3. The summed E-state index contributed by atoms with van der Waals surface area (Å²) in [5.74, 6) is 0.832. The lowest BCUT2D eigenvalue weighted by molar-refractivity contribution is -0.125. The van der Waals surface area contributed by atoms with E-state index in [1.807, 2.05) is 12.1 Å². The van der Waals surface area contributed by atoms with Crippen LogP contribution in [0.2, 0.25) is 0 Å². The average molecular weight is 535 g/mol. The third-order valence-corrected chi connectivity index (χ3v) is 7.41. The molecule has 6 nitrogen and oxygen atoms in total. The molecule has 8 heteroatoms. The average Bonchev–Trinajstić information content (AvgIpc) is 3.18. The van der Waals surface area contributed by atoms with Crippen LogP contribution < -0.4 is 10.6 Å². The normalized spacial score (nSPS) is 23.3. The van der Waals surface area contributed by atoms with Gasteiger partial charge in [-0.15, -0.1) is 24.0 Å². The number of halogens is 1. The van der Waals surface area contributed by atoms with Crippen molar-refractivity contribution in [1.82, 2.24) is 10.6 Å². The highest BCUT2D eigenvalue weighted by Crippen LogP contribution is 2.54. The molecule has 2 fully saturated rings. The standard InChI is InChI=1S/C21H33N3O3S.HI/c1-4-27-19-15-18(21(19)12-5-6-13-21)24-20(22-2)23-14-11-16-7-9-17(10-8-16)28(3,25)26;/h7-10,18-19H,4-6,11-15H2,1-3H3,(H2,22,23,24);1H. The molecule has 2 aliphatic rings. The maximum Gasteiger partial charge on any atom is 0.191 e. The highest BCUT2D eigenvalue weighted by Gasteiger charge is 2.56. The third kappa shape index (κ3) is 5.64. The lowest BCUT2D eigenvalue weighted by atomic mass is 9.60. The number of guanidine groups is 1. The third-order valence-electron chi connectivity index (χ3n) is 6.28. The fraction of sp³-hybridized carbons (Fsp3) is 0.667. The molecule has 0 amide bonds. The zero-order valence-electron chi connectivity index (χ0n) is 17.6. The van der Waals surface area contributed by atoms with E-state index in [-0.39, 0.29) is 29.4 Å². The van der Waals surface area contributed by atoms with Gasteiger partial charge in [-0.2, -0.15) is 0 Å². The Balaban J connectivity index is 0.00000300. The van der Waals surface area contributed by atoms with Gasteiger partial charge in [0.25, 0.3) is 0 Å². The summed E-state index contributed by atoms with van der Waals surface area (Å²) in [6.07, 6.45) is 8.51. The minimum Gasteiger partial charge on any atom is -0.378 e. The Labute approximate surface area is 192 Å². The van der Waals surface area contributed by atoms with Gasteiger partial charge in [0.05, 0.1) is 11.0 Å². The van der Waals surface area contributed by atoms with E-state index in [0.29, 0.717) is 17.0 Å². The van der Waals surface area contributed by atoms with Crippen molar-refractivity contribution in [2.24, 2.45) is 10.4 Å². The van der Waals surface area contributed by atoms with Gasteiger partial charge in [0.2, 0.25) is 0 Å². The van der Waals surface area contributed by atoms with Crippen LogP contribution in [0.4, 0.5) is 0 Å². The molecular formula is C21H34IN3O3S. The molecule has 2 atom stereocenters. The van der Waals surface area contributed by atoms with Crippen LogP contribution in [-0.2, 0) is 21.0 Å². The van der Waals surface area contributed by atoms with Crippen LogP contribution in [0.15, 0.2) is 34.2 Å². The topological polar surface area (TPSA) is 79.8 Å². The Morgan fingerprint density at radius 2 is 1.90 bits per heavy atom. The van der Waals surface area contributed by atoms with Crippen molar-refractivity contribution in [1.29, 1.82) is 0 Å². The smallest absolute Gasteiger partial charge is 0.191 e. The predicted molar refractivity (Wildman–Crippen MR) is 128 cm³/mol. The molecule has 0 aromatic heterocycles. The van der Waals surface area contributed by atoms with Crippen LogP contribution in [0.5, 0.6) is 0 Å². The van der Waals surface area contributed by atoms with Crippen LogP contribution in [0, 0.1) is 5.41 Å². The van der Waals surface area contributed by atoms with Gasteiger partial charge in [0.15, 0.2) is 15.8 Å². The van der Waals surface area contributed by atoms with Gasteiger partial charge >= 0.3 is 0 Å². The Kier molecular flexibility index (Phi) is 8.78. The second-order valence-corrected chi connectivity index (χ2v) is 10.00. The first-order valence-corrected chi connectivity index (χ1v) is 12.2. The largest absolute Gasteiger partial charge is 0.378 e. The van der Waals surface area contributed by atoms with Gasteiger partial charge in [-0.3, -0.25) is 4.99 Å². The molecule has 0 bridgehead atoms. The summed E-state index contributed by atoms with van der Waals surface area (Å²) in [6.45, 7) is 3.60. The number of ether oxygens (including phenoxy) is 1. The second kappa shape index (κ2) is 10.4. The van der Waals surface area contributed by atoms with Crippen molar-refractivity contribution in [2.45, 2.75) is 62.5 Å². The molecule has 2 saturated carbocycles. The number of rotatable bonds is 7. The number of hydrogen-bond acceptors (Lipinski definition) is 4. The number of aliphatic imine (C=N–C) groups is 1. The van der Waals surface area contributed by atoms with E-state index in [1.165, 1.54) is 31.9 Å². The fourth-order valence-electron chi connectivity index (χ4n) is 4.68. The number of benzene rings is 1. The van der Waals surface area contributed by atoms with Gasteiger partial charge in [0.1, 0.15) is 0 Å². The van der Waals surface area contributed by atoms with Crippen LogP contribution in [0.25, 0.3) is 0 Å². The van der Waals surface area contributed by atoms with Crippen LogP contribution in [0.3, 0.4) is 0 Å². The SMILES string of the molecule is CCOC1CC(NC(=NC)NCCc2ccc(S(C)(=O)=O)cc2)C12CCCC2.I. The van der Waals surface area contributed by atoms with E-state index >= 15 is 0 Å². The molecule has 1 aromatic rings. The quantitative estimate of drug-likeness (QED) is 0.319. The highest BCUT2D eigenvalue weighted by molar-refractivity contribution is 14.0. The first kappa shape index (κ1) is 24.4. The van der Waals surface area contributed by atoms with E-state index in [1.54, 1.807) is 19.2 Å². The van der Waals surface area contributed by atoms with Crippen molar-refractivity contribution in [3.63, 3.8) is 0 Å². The maximum atomic E-state index is 11.5. The molecule has 29 heavy (non-hydrogen) atoms. The minimum atomic E-state index is -3.14. The summed E-state index contributed by atoms with van der Waals surface area (Å²) in [7, 11) is -1.34. The van der Waals surface area contributed by atoms with Crippen molar-refractivity contribution < 1.29 is 13.2 Å². The van der Waals surface area contributed by atoms with Gasteiger partial charge in [-0.1, -0.05) is 25.0 Å². The summed E-state index contributed by atoms with van der Waals surface area (Å²) >= 11 is 0. The van der Waals surface area contributed by atoms with Crippen LogP contribution >= 0.6 is 24.0 Å². The summed E-state index contributed by atoms with van der Waals surface area (Å²) in [5, 5.41) is 7.01. The molecule has 1 aromatic carbocycles. The summed E-state index contributed by atoms with van der Waals surface area (Å²) in [6, 6.07) is 7.51. The molecular weight excluding hydrogens is 501 g/mol. The van der Waals surface area contributed by atoms with Crippen molar-refractivity contribution in [3.05, 3.63) is 29.8 Å². The molecule has 2 aliphatic carbocycles. The van der Waals surface area contributed by atoms with E-state index in [0.717, 1.165) is 37.5 Å². The fourth-order valence-corrected chi connectivity index (χ4v) is 5.31. The first-order chi connectivity index (χ1) is 13.4. The van der Waals surface area contributed by atoms with Gasteiger partial charge < -0.3 is 15.4 Å². The number of hydrogen-bond donors (Lipinski definition) is 2. The predicted octanol–water partition coefficient (Wildman–Crippen LogP) is 3.15. The van der Waals surface area contributed by atoms with E-state index < -0.39 is 9.84 Å². The van der Waals surface area contributed by atoms with Crippen molar-refractivity contribution >= 4 is 39.8 Å². The van der Waals surface area contributed by atoms with Crippen LogP contribution in [0.1, 0.15) is 44.6 Å². The van der Waals surface area contributed by atoms with Crippen molar-refractivity contribution in [3.8, 4) is 0 Å². The number of nitrogens with zero attached hydrogens (tertiary/aromatic N) is 1. The molecule has 1 spiro atoms. The Morgan fingerprint density at radius 1 is 1.24 bits per heavy atom. The molecule has 3 rings (SSSR count). The maximum absolute atomic E-state index is 11.5. The number of nitrogens with one attached hydrogen (secondary N) is 2. The Bertz CT molecular complexity index is 790. The number of sulfone groups is 1. The zero-order chi connectivity index (χ0) is 20.2. The molecule has 0 radical (unpaired) electrons. The zero-order valence-corrected chi connectivity index (χ0v) is 20.8. The van der Waals surface area contributed by atoms with E-state index in [4.69, 9.17) is 4.74 Å². The molecule has 164 valence electrons. The lowest BCUT2D eigenvalue weighted by Gasteiger charge is -2.54. The van der Waals surface area contributed by atoms with Gasteiger partial charge in [-0.25, -0.2) is 8.42 Å². The summed E-state index contributed by atoms with van der Waals surface area (Å²) < 4.78 is 29.1. The summed E-state index contributed by atoms with van der Waals surface area (Å²) in [4.78, 5) is 4.75. The summed E-state index contributed by atoms with van der Waals surface area (Å²) in [5.41, 5.74) is 1.37. The molecule has 0 heterocycles. The molecule has 0 saturated heterocycles. The Morgan fingerprint density at radius 3 is 2.45 bits per heavy atom. The Hall–Kier alpha value is -0.870. The highest BCUT2D eigenvalue weighted by atomic mass is 127. The lowest BCUT2D eigenvalue weighted by Crippen LogP contribution is -2.65. The van der Waals surface area contributed by atoms with E-state index in [9.17, 15) is 8.42 Å². The molecule has 2 N–H and O–H groups in total. The minimum absolute atomic E-state index is 0. The molecule has 0 aliphatic heterocycles.